The zero-order chi connectivity index (χ0) is 19.0. The maximum Gasteiger partial charge on any atom is 0.261 e. The van der Waals surface area contributed by atoms with Crippen molar-refractivity contribution in [3.63, 3.8) is 0 Å². The summed E-state index contributed by atoms with van der Waals surface area (Å²) < 4.78 is 7.02. The fourth-order valence-electron chi connectivity index (χ4n) is 3.55. The summed E-state index contributed by atoms with van der Waals surface area (Å²) in [5.41, 5.74) is 0. The maximum atomic E-state index is 7.02. The van der Waals surface area contributed by atoms with Crippen LogP contribution in [0.2, 0.25) is 5.04 Å². The highest BCUT2D eigenvalue weighted by molar-refractivity contribution is 6.99. The third-order valence-corrected chi connectivity index (χ3v) is 9.88. The predicted octanol–water partition coefficient (Wildman–Crippen LogP) is 4.92. The molecule has 136 valence electrons. The van der Waals surface area contributed by atoms with Gasteiger partial charge in [0.05, 0.1) is 6.10 Å². The molecule has 26 heavy (non-hydrogen) atoms. The molecule has 0 N–H and O–H groups in total. The highest BCUT2D eigenvalue weighted by Gasteiger charge is 2.51. The minimum Gasteiger partial charge on any atom is -0.401 e. The van der Waals surface area contributed by atoms with Crippen LogP contribution in [0.15, 0.2) is 73.3 Å². The molecular formula is C24H30OSi. The van der Waals surface area contributed by atoms with Gasteiger partial charge in [-0.05, 0) is 28.3 Å². The molecule has 0 aliphatic heterocycles. The largest absolute Gasteiger partial charge is 0.401 e. The van der Waals surface area contributed by atoms with Gasteiger partial charge in [0.15, 0.2) is 0 Å². The van der Waals surface area contributed by atoms with Gasteiger partial charge < -0.3 is 4.43 Å². The van der Waals surface area contributed by atoms with Gasteiger partial charge in [-0.25, -0.2) is 0 Å². The van der Waals surface area contributed by atoms with Gasteiger partial charge in [0.25, 0.3) is 8.32 Å². The Labute approximate surface area is 160 Å². The van der Waals surface area contributed by atoms with Crippen LogP contribution in [-0.2, 0) is 4.43 Å². The molecule has 2 aromatic carbocycles. The van der Waals surface area contributed by atoms with Crippen molar-refractivity contribution in [2.75, 3.05) is 0 Å². The zero-order valence-corrected chi connectivity index (χ0v) is 17.2. The van der Waals surface area contributed by atoms with Gasteiger partial charge in [-0.2, -0.15) is 0 Å². The van der Waals surface area contributed by atoms with Crippen molar-refractivity contribution in [3.05, 3.63) is 73.3 Å². The normalized spacial score (nSPS) is 13.0. The van der Waals surface area contributed by atoms with Gasteiger partial charge in [0.2, 0.25) is 0 Å². The standard InChI is InChI=1S/C24H30OSi/c1-6-8-11-16-21(7-2)25-26(24(3,4)5,22-17-12-9-13-18-22)23-19-14-10-15-20-23/h1,7,9-10,12-15,17-21H,2,8,11,16H2,3-5H3. The van der Waals surface area contributed by atoms with Crippen molar-refractivity contribution < 1.29 is 4.43 Å². The quantitative estimate of drug-likeness (QED) is 0.280. The first kappa shape index (κ1) is 20.2. The van der Waals surface area contributed by atoms with E-state index in [0.29, 0.717) is 0 Å². The van der Waals surface area contributed by atoms with Crippen LogP contribution in [0.25, 0.3) is 0 Å². The maximum absolute atomic E-state index is 7.02. The summed E-state index contributed by atoms with van der Waals surface area (Å²) in [5, 5.41) is 2.56. The lowest BCUT2D eigenvalue weighted by molar-refractivity contribution is 0.220. The highest BCUT2D eigenvalue weighted by Crippen LogP contribution is 2.38. The molecule has 0 aliphatic carbocycles. The van der Waals surface area contributed by atoms with Crippen molar-refractivity contribution in [1.82, 2.24) is 0 Å². The molecule has 0 amide bonds. The second kappa shape index (κ2) is 9.03. The van der Waals surface area contributed by atoms with Gasteiger partial charge >= 0.3 is 0 Å². The molecule has 2 aromatic rings. The van der Waals surface area contributed by atoms with E-state index in [0.717, 1.165) is 19.3 Å². The topological polar surface area (TPSA) is 9.23 Å². The molecule has 0 fully saturated rings. The van der Waals surface area contributed by atoms with Crippen molar-refractivity contribution >= 4 is 18.7 Å². The van der Waals surface area contributed by atoms with Crippen molar-refractivity contribution in [2.24, 2.45) is 0 Å². The molecular weight excluding hydrogens is 332 g/mol. The molecule has 1 nitrogen and oxygen atoms in total. The molecule has 1 unspecified atom stereocenters. The van der Waals surface area contributed by atoms with Crippen LogP contribution in [0.4, 0.5) is 0 Å². The third-order valence-electron chi connectivity index (χ3n) is 4.82. The predicted molar refractivity (Wildman–Crippen MR) is 115 cm³/mol. The Morgan fingerprint density at radius 3 is 1.92 bits per heavy atom. The van der Waals surface area contributed by atoms with Gasteiger partial charge in [-0.3, -0.25) is 0 Å². The highest BCUT2D eigenvalue weighted by atomic mass is 28.4. The van der Waals surface area contributed by atoms with Gasteiger partial charge in [-0.1, -0.05) is 87.5 Å². The number of terminal acetylenes is 1. The Kier molecular flexibility index (Phi) is 7.03. The number of hydrogen-bond donors (Lipinski definition) is 0. The lowest BCUT2D eigenvalue weighted by Crippen LogP contribution is -2.67. The summed E-state index contributed by atoms with van der Waals surface area (Å²) >= 11 is 0. The van der Waals surface area contributed by atoms with Gasteiger partial charge in [0, 0.05) is 6.42 Å². The second-order valence-electron chi connectivity index (χ2n) is 7.65. The molecule has 0 aliphatic rings. The van der Waals surface area contributed by atoms with E-state index >= 15 is 0 Å². The second-order valence-corrected chi connectivity index (χ2v) is 11.9. The summed E-state index contributed by atoms with van der Waals surface area (Å²) in [6.07, 6.45) is 9.99. The molecule has 2 heteroatoms. The van der Waals surface area contributed by atoms with E-state index in [2.05, 4.69) is 93.9 Å². The molecule has 0 heterocycles. The van der Waals surface area contributed by atoms with Crippen LogP contribution in [0, 0.1) is 12.3 Å². The van der Waals surface area contributed by atoms with Crippen molar-refractivity contribution in [2.45, 2.75) is 51.2 Å². The van der Waals surface area contributed by atoms with Crippen LogP contribution in [0.5, 0.6) is 0 Å². The minimum atomic E-state index is -2.52. The van der Waals surface area contributed by atoms with E-state index in [1.54, 1.807) is 0 Å². The van der Waals surface area contributed by atoms with Crippen LogP contribution >= 0.6 is 0 Å². The lowest BCUT2D eigenvalue weighted by atomic mass is 10.1. The SMILES string of the molecule is C#CCCCC(C=C)O[Si](c1ccccc1)(c1ccccc1)C(C)(C)C. The van der Waals surface area contributed by atoms with Gasteiger partial charge in [-0.15, -0.1) is 18.9 Å². The average Bonchev–Trinajstić information content (AvgIpc) is 2.65. The Hall–Kier alpha value is -2.08. The van der Waals surface area contributed by atoms with Crippen molar-refractivity contribution in [1.29, 1.82) is 0 Å². The van der Waals surface area contributed by atoms with E-state index in [9.17, 15) is 0 Å². The summed E-state index contributed by atoms with van der Waals surface area (Å²) in [4.78, 5) is 0. The summed E-state index contributed by atoms with van der Waals surface area (Å²) in [7, 11) is -2.52. The minimum absolute atomic E-state index is 0.00495. The summed E-state index contributed by atoms with van der Waals surface area (Å²) in [5.74, 6) is 2.73. The van der Waals surface area contributed by atoms with E-state index in [1.165, 1.54) is 10.4 Å². The fraction of sp³-hybridized carbons (Fsp3) is 0.333. The van der Waals surface area contributed by atoms with Crippen LogP contribution in [0.3, 0.4) is 0 Å². The molecule has 2 rings (SSSR count). The molecule has 0 radical (unpaired) electrons. The number of rotatable bonds is 8. The Balaban J connectivity index is 2.57. The van der Waals surface area contributed by atoms with E-state index in [4.69, 9.17) is 10.8 Å². The zero-order valence-electron chi connectivity index (χ0n) is 16.2. The first-order chi connectivity index (χ1) is 12.5. The Bertz CT molecular complexity index is 683. The molecule has 0 saturated heterocycles. The number of benzene rings is 2. The molecule has 0 spiro atoms. The Morgan fingerprint density at radius 2 is 1.54 bits per heavy atom. The van der Waals surface area contributed by atoms with Crippen LogP contribution in [-0.4, -0.2) is 14.4 Å². The van der Waals surface area contributed by atoms with E-state index in [-0.39, 0.29) is 11.1 Å². The van der Waals surface area contributed by atoms with Crippen LogP contribution < -0.4 is 10.4 Å². The number of unbranched alkanes of at least 4 members (excludes halogenated alkanes) is 1. The lowest BCUT2D eigenvalue weighted by Gasteiger charge is -2.44. The molecule has 1 atom stereocenters. The molecule has 0 saturated carbocycles. The summed E-state index contributed by atoms with van der Waals surface area (Å²) in [6, 6.07) is 21.4. The monoisotopic (exact) mass is 362 g/mol. The molecule has 0 aromatic heterocycles. The van der Waals surface area contributed by atoms with E-state index < -0.39 is 8.32 Å². The smallest absolute Gasteiger partial charge is 0.261 e. The third kappa shape index (κ3) is 4.36. The molecule has 0 bridgehead atoms. The van der Waals surface area contributed by atoms with E-state index in [1.807, 2.05) is 6.08 Å². The fourth-order valence-corrected chi connectivity index (χ4v) is 8.23. The van der Waals surface area contributed by atoms with Crippen molar-refractivity contribution in [3.8, 4) is 12.3 Å². The first-order valence-electron chi connectivity index (χ1n) is 9.30. The summed E-state index contributed by atoms with van der Waals surface area (Å²) in [6.45, 7) is 10.9. The van der Waals surface area contributed by atoms with Crippen LogP contribution in [0.1, 0.15) is 40.0 Å². The first-order valence-corrected chi connectivity index (χ1v) is 11.2. The number of hydrogen-bond acceptors (Lipinski definition) is 1. The Morgan fingerprint density at radius 1 is 1.04 bits per heavy atom. The van der Waals surface area contributed by atoms with Gasteiger partial charge in [0.1, 0.15) is 0 Å². The average molecular weight is 363 g/mol.